The summed E-state index contributed by atoms with van der Waals surface area (Å²) in [5.41, 5.74) is 0.667. The van der Waals surface area contributed by atoms with Gasteiger partial charge in [-0.3, -0.25) is 4.79 Å². The molecule has 0 fully saturated rings. The smallest absolute Gasteiger partial charge is 0.185 e. The second-order valence-electron chi connectivity index (χ2n) is 3.24. The Morgan fingerprint density at radius 1 is 1.38 bits per heavy atom. The number of rotatable bonds is 3. The summed E-state index contributed by atoms with van der Waals surface area (Å²) in [5.74, 6) is -0.264. The van der Waals surface area contributed by atoms with E-state index in [0.29, 0.717) is 11.3 Å². The van der Waals surface area contributed by atoms with Crippen LogP contribution in [0, 0.1) is 5.82 Å². The molecule has 0 saturated carbocycles. The number of furan rings is 1. The van der Waals surface area contributed by atoms with Gasteiger partial charge in [-0.15, -0.1) is 0 Å². The summed E-state index contributed by atoms with van der Waals surface area (Å²) in [5, 5.41) is 0. The van der Waals surface area contributed by atoms with Crippen LogP contribution in [0.25, 0.3) is 11.3 Å². The molecule has 80 valence electrons. The zero-order valence-electron chi connectivity index (χ0n) is 8.44. The predicted octanol–water partition coefficient (Wildman–Crippen LogP) is 3.45. The molecule has 0 aliphatic heterocycles. The normalized spacial score (nSPS) is 10.1. The number of hydrogen-bond donors (Lipinski definition) is 0. The number of ketones is 1. The predicted molar refractivity (Wildman–Crippen MR) is 58.6 cm³/mol. The molecule has 0 unspecified atom stereocenters. The summed E-state index contributed by atoms with van der Waals surface area (Å²) in [6.07, 6.45) is 2.65. The number of carbonyl (C=O) groups excluding carboxylic acids is 1. The molecule has 0 saturated heterocycles. The van der Waals surface area contributed by atoms with Crippen LogP contribution in [-0.2, 0) is 0 Å². The summed E-state index contributed by atoms with van der Waals surface area (Å²) < 4.78 is 18.6. The van der Waals surface area contributed by atoms with Crippen molar-refractivity contribution in [3.8, 4) is 11.3 Å². The number of carbonyl (C=O) groups is 1. The second kappa shape index (κ2) is 4.14. The molecular weight excluding hydrogens is 207 g/mol. The van der Waals surface area contributed by atoms with Gasteiger partial charge in [0, 0.05) is 5.56 Å². The topological polar surface area (TPSA) is 30.2 Å². The highest BCUT2D eigenvalue weighted by Crippen LogP contribution is 2.24. The Balaban J connectivity index is 2.53. The first-order valence-corrected chi connectivity index (χ1v) is 4.72. The quantitative estimate of drug-likeness (QED) is 0.581. The molecule has 0 bridgehead atoms. The van der Waals surface area contributed by atoms with Gasteiger partial charge in [0.25, 0.3) is 0 Å². The first-order valence-electron chi connectivity index (χ1n) is 4.72. The van der Waals surface area contributed by atoms with Crippen LogP contribution in [0.2, 0.25) is 0 Å². The number of allylic oxidation sites excluding steroid dienone is 1. The second-order valence-corrected chi connectivity index (χ2v) is 3.24. The Hall–Kier alpha value is -2.16. The highest BCUT2D eigenvalue weighted by molar-refractivity contribution is 6.04. The van der Waals surface area contributed by atoms with Crippen molar-refractivity contribution in [1.29, 1.82) is 0 Å². The van der Waals surface area contributed by atoms with Crippen molar-refractivity contribution in [2.24, 2.45) is 0 Å². The number of hydrogen-bond acceptors (Lipinski definition) is 2. The lowest BCUT2D eigenvalue weighted by molar-refractivity contribution is 0.104. The summed E-state index contributed by atoms with van der Waals surface area (Å²) in [6, 6.07) is 7.43. The van der Waals surface area contributed by atoms with E-state index in [0.717, 1.165) is 0 Å². The van der Waals surface area contributed by atoms with Crippen molar-refractivity contribution in [3.63, 3.8) is 0 Å². The van der Waals surface area contributed by atoms with Gasteiger partial charge in [-0.05, 0) is 36.4 Å². The third kappa shape index (κ3) is 1.80. The highest BCUT2D eigenvalue weighted by Gasteiger charge is 2.10. The fraction of sp³-hybridized carbons (Fsp3) is 0. The molecule has 0 radical (unpaired) electrons. The van der Waals surface area contributed by atoms with Crippen LogP contribution < -0.4 is 0 Å². The maximum atomic E-state index is 13.5. The lowest BCUT2D eigenvalue weighted by atomic mass is 10.1. The van der Waals surface area contributed by atoms with Gasteiger partial charge in [-0.1, -0.05) is 6.58 Å². The molecule has 2 aromatic rings. The molecule has 16 heavy (non-hydrogen) atoms. The van der Waals surface area contributed by atoms with Crippen LogP contribution >= 0.6 is 0 Å². The van der Waals surface area contributed by atoms with Crippen LogP contribution in [0.15, 0.2) is 53.7 Å². The van der Waals surface area contributed by atoms with Crippen molar-refractivity contribution < 1.29 is 13.6 Å². The van der Waals surface area contributed by atoms with Gasteiger partial charge in [-0.25, -0.2) is 4.39 Å². The van der Waals surface area contributed by atoms with Gasteiger partial charge in [0.15, 0.2) is 5.78 Å². The van der Waals surface area contributed by atoms with Gasteiger partial charge in [-0.2, -0.15) is 0 Å². The Bertz CT molecular complexity index is 527. The highest BCUT2D eigenvalue weighted by atomic mass is 19.1. The summed E-state index contributed by atoms with van der Waals surface area (Å²) >= 11 is 0. The maximum absolute atomic E-state index is 13.5. The maximum Gasteiger partial charge on any atom is 0.185 e. The van der Waals surface area contributed by atoms with E-state index in [2.05, 4.69) is 6.58 Å². The molecule has 0 aliphatic rings. The number of halogens is 1. The Labute approximate surface area is 92.0 Å². The van der Waals surface area contributed by atoms with Crippen molar-refractivity contribution in [2.45, 2.75) is 0 Å². The van der Waals surface area contributed by atoms with Crippen molar-refractivity contribution in [3.05, 3.63) is 60.6 Å². The molecule has 0 N–H and O–H groups in total. The molecule has 0 amide bonds. The van der Waals surface area contributed by atoms with Gasteiger partial charge in [0.05, 0.1) is 11.8 Å². The van der Waals surface area contributed by atoms with E-state index in [9.17, 15) is 9.18 Å². The third-order valence-electron chi connectivity index (χ3n) is 2.22. The van der Waals surface area contributed by atoms with Crippen LogP contribution in [0.4, 0.5) is 4.39 Å². The van der Waals surface area contributed by atoms with Crippen molar-refractivity contribution in [2.75, 3.05) is 0 Å². The molecule has 2 nitrogen and oxygen atoms in total. The van der Waals surface area contributed by atoms with E-state index in [4.69, 9.17) is 4.42 Å². The average Bonchev–Trinajstić information content (AvgIpc) is 2.82. The molecule has 2 rings (SSSR count). The first-order chi connectivity index (χ1) is 7.72. The fourth-order valence-corrected chi connectivity index (χ4v) is 1.42. The standard InChI is InChI=1S/C13H9FO2/c1-2-12(15)9-5-6-11(14)10(8-9)13-4-3-7-16-13/h2-8H,1H2. The Kier molecular flexibility index (Phi) is 2.68. The van der Waals surface area contributed by atoms with Gasteiger partial charge in [0.1, 0.15) is 11.6 Å². The molecule has 0 atom stereocenters. The van der Waals surface area contributed by atoms with Crippen LogP contribution in [0.5, 0.6) is 0 Å². The molecule has 0 aliphatic carbocycles. The monoisotopic (exact) mass is 216 g/mol. The van der Waals surface area contributed by atoms with E-state index in [-0.39, 0.29) is 11.3 Å². The molecule has 1 aromatic carbocycles. The zero-order valence-corrected chi connectivity index (χ0v) is 8.44. The fourth-order valence-electron chi connectivity index (χ4n) is 1.42. The Morgan fingerprint density at radius 3 is 2.81 bits per heavy atom. The zero-order chi connectivity index (χ0) is 11.5. The van der Waals surface area contributed by atoms with Crippen LogP contribution in [0.3, 0.4) is 0 Å². The van der Waals surface area contributed by atoms with Crippen molar-refractivity contribution in [1.82, 2.24) is 0 Å². The van der Waals surface area contributed by atoms with E-state index in [1.165, 1.54) is 30.5 Å². The lowest BCUT2D eigenvalue weighted by Crippen LogP contribution is -1.95. The third-order valence-corrected chi connectivity index (χ3v) is 2.22. The molecule has 3 heteroatoms. The van der Waals surface area contributed by atoms with E-state index < -0.39 is 5.82 Å². The molecule has 1 aromatic heterocycles. The minimum Gasteiger partial charge on any atom is -0.464 e. The van der Waals surface area contributed by atoms with E-state index in [1.807, 2.05) is 0 Å². The Morgan fingerprint density at radius 2 is 2.19 bits per heavy atom. The van der Waals surface area contributed by atoms with Crippen LogP contribution in [0.1, 0.15) is 10.4 Å². The minimum atomic E-state index is -0.421. The van der Waals surface area contributed by atoms with Gasteiger partial charge >= 0.3 is 0 Å². The van der Waals surface area contributed by atoms with Crippen molar-refractivity contribution >= 4 is 5.78 Å². The van der Waals surface area contributed by atoms with Gasteiger partial charge < -0.3 is 4.42 Å². The lowest BCUT2D eigenvalue weighted by Gasteiger charge is -2.02. The summed E-state index contributed by atoms with van der Waals surface area (Å²) in [7, 11) is 0. The summed E-state index contributed by atoms with van der Waals surface area (Å²) in [6.45, 7) is 3.39. The molecule has 0 spiro atoms. The van der Waals surface area contributed by atoms with E-state index in [1.54, 1.807) is 12.1 Å². The number of benzene rings is 1. The minimum absolute atomic E-state index is 0.243. The average molecular weight is 216 g/mol. The molecular formula is C13H9FO2. The molecule has 1 heterocycles. The first kappa shape index (κ1) is 10.4. The van der Waals surface area contributed by atoms with Crippen LogP contribution in [-0.4, -0.2) is 5.78 Å². The SMILES string of the molecule is C=CC(=O)c1ccc(F)c(-c2ccco2)c1. The largest absolute Gasteiger partial charge is 0.464 e. The van der Waals surface area contributed by atoms with E-state index >= 15 is 0 Å². The van der Waals surface area contributed by atoms with Gasteiger partial charge in [0.2, 0.25) is 0 Å². The summed E-state index contributed by atoms with van der Waals surface area (Å²) in [4.78, 5) is 11.4.